The average Bonchev–Trinajstić information content (AvgIpc) is 2.96. The fraction of sp³-hybridized carbons (Fsp3) is 0.467. The van der Waals surface area contributed by atoms with Gasteiger partial charge in [0, 0.05) is 10.9 Å². The number of aliphatic carboxylic acids is 1. The van der Waals surface area contributed by atoms with Gasteiger partial charge in [0.1, 0.15) is 6.54 Å². The SMILES string of the molecule is O=C(O)CN(C(=O)c1cccc(C(F)(F)F)c1S)C1CCCC1. The van der Waals surface area contributed by atoms with Crippen LogP contribution >= 0.6 is 12.6 Å². The lowest BCUT2D eigenvalue weighted by molar-refractivity contribution is -0.140. The van der Waals surface area contributed by atoms with Crippen LogP contribution in [0.4, 0.5) is 13.2 Å². The number of carbonyl (C=O) groups is 2. The number of nitrogens with zero attached hydrogens (tertiary/aromatic N) is 1. The highest BCUT2D eigenvalue weighted by Crippen LogP contribution is 2.36. The molecule has 2 rings (SSSR count). The quantitative estimate of drug-likeness (QED) is 0.820. The van der Waals surface area contributed by atoms with Crippen LogP contribution in [0, 0.1) is 0 Å². The first-order valence-electron chi connectivity index (χ1n) is 7.13. The molecule has 23 heavy (non-hydrogen) atoms. The molecule has 0 unspecified atom stereocenters. The minimum Gasteiger partial charge on any atom is -0.480 e. The van der Waals surface area contributed by atoms with E-state index in [1.807, 2.05) is 0 Å². The Balaban J connectivity index is 2.38. The highest BCUT2D eigenvalue weighted by Gasteiger charge is 2.36. The zero-order valence-electron chi connectivity index (χ0n) is 12.1. The van der Waals surface area contributed by atoms with Crippen LogP contribution in [0.2, 0.25) is 0 Å². The zero-order valence-corrected chi connectivity index (χ0v) is 13.0. The van der Waals surface area contributed by atoms with E-state index in [1.165, 1.54) is 6.07 Å². The number of carbonyl (C=O) groups excluding carboxylic acids is 1. The Bertz CT molecular complexity index is 612. The number of alkyl halides is 3. The summed E-state index contributed by atoms with van der Waals surface area (Å²) in [7, 11) is 0. The molecule has 0 saturated heterocycles. The Kier molecular flexibility index (Phi) is 5.23. The summed E-state index contributed by atoms with van der Waals surface area (Å²) in [6.45, 7) is -0.535. The number of amides is 1. The topological polar surface area (TPSA) is 57.6 Å². The fourth-order valence-corrected chi connectivity index (χ4v) is 3.20. The van der Waals surface area contributed by atoms with Crippen LogP contribution in [-0.2, 0) is 11.0 Å². The lowest BCUT2D eigenvalue weighted by atomic mass is 10.1. The first-order chi connectivity index (χ1) is 10.7. The van der Waals surface area contributed by atoms with E-state index in [0.29, 0.717) is 12.8 Å². The van der Waals surface area contributed by atoms with Gasteiger partial charge in [0.2, 0.25) is 0 Å². The summed E-state index contributed by atoms with van der Waals surface area (Å²) >= 11 is 3.86. The largest absolute Gasteiger partial charge is 0.480 e. The second kappa shape index (κ2) is 6.82. The first kappa shape index (κ1) is 17.7. The molecule has 1 aliphatic rings. The molecule has 1 aromatic carbocycles. The van der Waals surface area contributed by atoms with Crippen LogP contribution in [0.5, 0.6) is 0 Å². The lowest BCUT2D eigenvalue weighted by Crippen LogP contribution is -2.42. The van der Waals surface area contributed by atoms with Gasteiger partial charge in [-0.3, -0.25) is 9.59 Å². The van der Waals surface area contributed by atoms with Gasteiger partial charge in [0.25, 0.3) is 5.91 Å². The fourth-order valence-electron chi connectivity index (χ4n) is 2.83. The van der Waals surface area contributed by atoms with Gasteiger partial charge >= 0.3 is 12.1 Å². The maximum Gasteiger partial charge on any atom is 0.417 e. The summed E-state index contributed by atoms with van der Waals surface area (Å²) in [5.41, 5.74) is -1.23. The highest BCUT2D eigenvalue weighted by molar-refractivity contribution is 7.80. The highest BCUT2D eigenvalue weighted by atomic mass is 32.1. The molecule has 1 fully saturated rings. The van der Waals surface area contributed by atoms with Crippen molar-refractivity contribution in [2.45, 2.75) is 42.8 Å². The van der Waals surface area contributed by atoms with Crippen molar-refractivity contribution in [1.82, 2.24) is 4.90 Å². The third-order valence-corrected chi connectivity index (χ3v) is 4.39. The number of rotatable bonds is 4. The Morgan fingerprint density at radius 3 is 2.39 bits per heavy atom. The van der Waals surface area contributed by atoms with Crippen LogP contribution < -0.4 is 0 Å². The first-order valence-corrected chi connectivity index (χ1v) is 7.58. The van der Waals surface area contributed by atoms with Gasteiger partial charge in [-0.2, -0.15) is 13.2 Å². The molecule has 1 N–H and O–H groups in total. The van der Waals surface area contributed by atoms with Crippen LogP contribution in [0.1, 0.15) is 41.6 Å². The van der Waals surface area contributed by atoms with E-state index in [2.05, 4.69) is 12.6 Å². The summed E-state index contributed by atoms with van der Waals surface area (Å²) in [6.07, 6.45) is -1.59. The maximum absolute atomic E-state index is 12.9. The van der Waals surface area contributed by atoms with Crippen molar-refractivity contribution in [1.29, 1.82) is 0 Å². The normalized spacial score (nSPS) is 15.7. The number of hydrogen-bond donors (Lipinski definition) is 2. The molecular weight excluding hydrogens is 331 g/mol. The lowest BCUT2D eigenvalue weighted by Gasteiger charge is -2.28. The third-order valence-electron chi connectivity index (χ3n) is 3.90. The third kappa shape index (κ3) is 3.99. The number of hydrogen-bond acceptors (Lipinski definition) is 3. The molecule has 1 aliphatic carbocycles. The molecule has 1 aromatic rings. The monoisotopic (exact) mass is 347 g/mol. The van der Waals surface area contributed by atoms with Gasteiger partial charge in [-0.25, -0.2) is 0 Å². The average molecular weight is 347 g/mol. The van der Waals surface area contributed by atoms with Crippen molar-refractivity contribution >= 4 is 24.5 Å². The molecule has 126 valence electrons. The molecule has 0 radical (unpaired) electrons. The zero-order chi connectivity index (χ0) is 17.2. The van der Waals surface area contributed by atoms with Crippen LogP contribution in [0.15, 0.2) is 23.1 Å². The molecule has 0 spiro atoms. The maximum atomic E-state index is 12.9. The Morgan fingerprint density at radius 1 is 1.26 bits per heavy atom. The van der Waals surface area contributed by atoms with E-state index in [9.17, 15) is 22.8 Å². The number of benzene rings is 1. The van der Waals surface area contributed by atoms with E-state index in [4.69, 9.17) is 5.11 Å². The minimum atomic E-state index is -4.63. The van der Waals surface area contributed by atoms with Crippen LogP contribution in [-0.4, -0.2) is 34.5 Å². The molecule has 1 saturated carbocycles. The van der Waals surface area contributed by atoms with E-state index >= 15 is 0 Å². The molecule has 1 amide bonds. The molecule has 0 atom stereocenters. The molecule has 8 heteroatoms. The van der Waals surface area contributed by atoms with Crippen molar-refractivity contribution in [3.63, 3.8) is 0 Å². The Morgan fingerprint density at radius 2 is 1.87 bits per heavy atom. The smallest absolute Gasteiger partial charge is 0.417 e. The van der Waals surface area contributed by atoms with Gasteiger partial charge in [-0.05, 0) is 25.0 Å². The molecular formula is C15H16F3NO3S. The number of halogens is 3. The van der Waals surface area contributed by atoms with E-state index in [0.717, 1.165) is 29.9 Å². The molecule has 0 aliphatic heterocycles. The molecule has 0 heterocycles. The minimum absolute atomic E-state index is 0.226. The summed E-state index contributed by atoms with van der Waals surface area (Å²) in [4.78, 5) is 24.3. The van der Waals surface area contributed by atoms with Crippen LogP contribution in [0.25, 0.3) is 0 Å². The second-order valence-corrected chi connectivity index (χ2v) is 5.91. The van der Waals surface area contributed by atoms with E-state index in [1.54, 1.807) is 0 Å². The van der Waals surface area contributed by atoms with Gasteiger partial charge < -0.3 is 10.0 Å². The molecule has 0 bridgehead atoms. The second-order valence-electron chi connectivity index (χ2n) is 5.46. The summed E-state index contributed by atoms with van der Waals surface area (Å²) in [5, 5.41) is 9.00. The molecule has 0 aromatic heterocycles. The summed E-state index contributed by atoms with van der Waals surface area (Å²) < 4.78 is 38.8. The standard InChI is InChI=1S/C15H16F3NO3S/c16-15(17,18)11-7-3-6-10(13(11)23)14(22)19(8-12(20)21)9-4-1-2-5-9/h3,6-7,9,23H,1-2,4-5,8H2,(H,20,21). The van der Waals surface area contributed by atoms with Gasteiger partial charge in [0.15, 0.2) is 0 Å². The van der Waals surface area contributed by atoms with E-state index in [-0.39, 0.29) is 11.6 Å². The van der Waals surface area contributed by atoms with E-state index < -0.39 is 35.1 Å². The van der Waals surface area contributed by atoms with Crippen LogP contribution in [0.3, 0.4) is 0 Å². The van der Waals surface area contributed by atoms with Crippen molar-refractivity contribution in [2.24, 2.45) is 0 Å². The number of carboxylic acids is 1. The predicted molar refractivity (Wildman–Crippen MR) is 79.6 cm³/mol. The van der Waals surface area contributed by atoms with Crippen molar-refractivity contribution < 1.29 is 27.9 Å². The van der Waals surface area contributed by atoms with Crippen molar-refractivity contribution in [3.8, 4) is 0 Å². The van der Waals surface area contributed by atoms with Gasteiger partial charge in [-0.1, -0.05) is 18.9 Å². The van der Waals surface area contributed by atoms with Crippen molar-refractivity contribution in [2.75, 3.05) is 6.54 Å². The summed E-state index contributed by atoms with van der Waals surface area (Å²) in [6, 6.07) is 2.95. The number of thiol groups is 1. The Labute approximate surface area is 136 Å². The van der Waals surface area contributed by atoms with Gasteiger partial charge in [0.05, 0.1) is 11.1 Å². The van der Waals surface area contributed by atoms with Crippen molar-refractivity contribution in [3.05, 3.63) is 29.3 Å². The Hall–Kier alpha value is -1.70. The van der Waals surface area contributed by atoms with Gasteiger partial charge in [-0.15, -0.1) is 12.6 Å². The predicted octanol–water partition coefficient (Wildman–Crippen LogP) is 3.46. The molecule has 4 nitrogen and oxygen atoms in total. The summed E-state index contributed by atoms with van der Waals surface area (Å²) in [5.74, 6) is -1.92. The number of carboxylic acid groups (broad SMARTS) is 1.